The summed E-state index contributed by atoms with van der Waals surface area (Å²) in [6.07, 6.45) is 2.37. The van der Waals surface area contributed by atoms with Gasteiger partial charge in [-0.15, -0.1) is 0 Å². The fourth-order valence-corrected chi connectivity index (χ4v) is 2.77. The summed E-state index contributed by atoms with van der Waals surface area (Å²) in [6, 6.07) is 6.29. The van der Waals surface area contributed by atoms with E-state index in [2.05, 4.69) is 43.6 Å². The molecular weight excluding hydrogens is 266 g/mol. The van der Waals surface area contributed by atoms with Gasteiger partial charge in [-0.3, -0.25) is 5.10 Å². The van der Waals surface area contributed by atoms with E-state index in [9.17, 15) is 0 Å². The molecule has 84 valence electrons. The molecule has 1 aromatic heterocycles. The second kappa shape index (κ2) is 4.18. The Morgan fingerprint density at radius 1 is 1.25 bits per heavy atom. The van der Waals surface area contributed by atoms with E-state index in [4.69, 9.17) is 0 Å². The van der Waals surface area contributed by atoms with E-state index in [0.29, 0.717) is 5.92 Å². The smallest absolute Gasteiger partial charge is 0.0733 e. The molecule has 0 unspecified atom stereocenters. The molecule has 1 aliphatic heterocycles. The summed E-state index contributed by atoms with van der Waals surface area (Å²) in [5, 5.41) is 12.3. The summed E-state index contributed by atoms with van der Waals surface area (Å²) < 4.78 is 1.12. The standard InChI is InChI=1S/C12H14BrN3/c13-9-1-2-11-10(7-9)12(16-15-11)8-3-5-14-6-4-8/h1-2,7-8,14H,3-6H2,(H,15,16). The van der Waals surface area contributed by atoms with Gasteiger partial charge in [-0.25, -0.2) is 0 Å². The third-order valence-corrected chi connectivity index (χ3v) is 3.77. The Labute approximate surface area is 103 Å². The zero-order chi connectivity index (χ0) is 11.0. The molecule has 4 heteroatoms. The minimum Gasteiger partial charge on any atom is -0.317 e. The lowest BCUT2D eigenvalue weighted by atomic mass is 9.93. The van der Waals surface area contributed by atoms with Gasteiger partial charge in [-0.05, 0) is 44.1 Å². The molecule has 1 aromatic carbocycles. The number of benzene rings is 1. The van der Waals surface area contributed by atoms with Crippen molar-refractivity contribution in [3.63, 3.8) is 0 Å². The molecule has 3 nitrogen and oxygen atoms in total. The van der Waals surface area contributed by atoms with Crippen molar-refractivity contribution in [3.8, 4) is 0 Å². The second-order valence-corrected chi connectivity index (χ2v) is 5.24. The normalized spacial score (nSPS) is 18.1. The van der Waals surface area contributed by atoms with Crippen LogP contribution in [0.2, 0.25) is 0 Å². The van der Waals surface area contributed by atoms with Gasteiger partial charge in [0.2, 0.25) is 0 Å². The number of aromatic amines is 1. The number of H-pyrrole nitrogens is 1. The van der Waals surface area contributed by atoms with Crippen LogP contribution >= 0.6 is 15.9 Å². The summed E-state index contributed by atoms with van der Waals surface area (Å²) in [5.74, 6) is 0.601. The fraction of sp³-hybridized carbons (Fsp3) is 0.417. The molecule has 2 heterocycles. The quantitative estimate of drug-likeness (QED) is 0.843. The number of rotatable bonds is 1. The van der Waals surface area contributed by atoms with Crippen molar-refractivity contribution in [2.45, 2.75) is 18.8 Å². The molecule has 16 heavy (non-hydrogen) atoms. The van der Waals surface area contributed by atoms with Crippen molar-refractivity contribution < 1.29 is 0 Å². The number of nitrogens with zero attached hydrogens (tertiary/aromatic N) is 1. The second-order valence-electron chi connectivity index (χ2n) is 4.32. The minimum atomic E-state index is 0.601. The third-order valence-electron chi connectivity index (χ3n) is 3.28. The summed E-state index contributed by atoms with van der Waals surface area (Å²) in [5.41, 5.74) is 2.37. The number of aromatic nitrogens is 2. The predicted molar refractivity (Wildman–Crippen MR) is 68.6 cm³/mol. The maximum atomic E-state index is 4.49. The molecule has 1 saturated heterocycles. The Balaban J connectivity index is 2.05. The Morgan fingerprint density at radius 2 is 2.06 bits per heavy atom. The predicted octanol–water partition coefficient (Wildman–Crippen LogP) is 2.79. The number of hydrogen-bond donors (Lipinski definition) is 2. The lowest BCUT2D eigenvalue weighted by Gasteiger charge is -2.21. The summed E-state index contributed by atoms with van der Waals surface area (Å²) in [7, 11) is 0. The number of piperidine rings is 1. The van der Waals surface area contributed by atoms with Crippen LogP contribution in [-0.4, -0.2) is 23.3 Å². The van der Waals surface area contributed by atoms with Crippen molar-refractivity contribution in [2.75, 3.05) is 13.1 Å². The number of hydrogen-bond acceptors (Lipinski definition) is 2. The van der Waals surface area contributed by atoms with Crippen LogP contribution < -0.4 is 5.32 Å². The number of fused-ring (bicyclic) bond motifs is 1. The van der Waals surface area contributed by atoms with E-state index < -0.39 is 0 Å². The molecule has 0 spiro atoms. The molecule has 0 aliphatic carbocycles. The molecule has 2 N–H and O–H groups in total. The van der Waals surface area contributed by atoms with Gasteiger partial charge in [0.05, 0.1) is 11.2 Å². The third kappa shape index (κ3) is 1.76. The Bertz CT molecular complexity index is 500. The molecular formula is C12H14BrN3. The van der Waals surface area contributed by atoms with Crippen molar-refractivity contribution in [3.05, 3.63) is 28.4 Å². The van der Waals surface area contributed by atoms with E-state index in [0.717, 1.165) is 23.1 Å². The lowest BCUT2D eigenvalue weighted by molar-refractivity contribution is 0.454. The number of halogens is 1. The first-order valence-corrected chi connectivity index (χ1v) is 6.48. The molecule has 0 saturated carbocycles. The molecule has 1 aliphatic rings. The van der Waals surface area contributed by atoms with Gasteiger partial charge in [-0.1, -0.05) is 15.9 Å². The van der Waals surface area contributed by atoms with E-state index >= 15 is 0 Å². The molecule has 0 bridgehead atoms. The van der Waals surface area contributed by atoms with Gasteiger partial charge in [0, 0.05) is 15.8 Å². The van der Waals surface area contributed by atoms with Crippen molar-refractivity contribution in [2.24, 2.45) is 0 Å². The highest BCUT2D eigenvalue weighted by Crippen LogP contribution is 2.30. The van der Waals surface area contributed by atoms with E-state index in [1.165, 1.54) is 23.9 Å². The molecule has 0 radical (unpaired) electrons. The summed E-state index contributed by atoms with van der Waals surface area (Å²) in [4.78, 5) is 0. The van der Waals surface area contributed by atoms with E-state index in [-0.39, 0.29) is 0 Å². The zero-order valence-corrected chi connectivity index (χ0v) is 10.5. The molecule has 0 atom stereocenters. The van der Waals surface area contributed by atoms with Crippen LogP contribution in [0.15, 0.2) is 22.7 Å². The maximum absolute atomic E-state index is 4.49. The highest BCUT2D eigenvalue weighted by Gasteiger charge is 2.19. The topological polar surface area (TPSA) is 40.7 Å². The molecule has 2 aromatic rings. The fourth-order valence-electron chi connectivity index (χ4n) is 2.41. The van der Waals surface area contributed by atoms with E-state index in [1.807, 2.05) is 6.07 Å². The Morgan fingerprint density at radius 3 is 2.88 bits per heavy atom. The summed E-state index contributed by atoms with van der Waals surface area (Å²) >= 11 is 3.52. The highest BCUT2D eigenvalue weighted by molar-refractivity contribution is 9.10. The van der Waals surface area contributed by atoms with Crippen LogP contribution in [-0.2, 0) is 0 Å². The van der Waals surface area contributed by atoms with Gasteiger partial charge in [0.25, 0.3) is 0 Å². The van der Waals surface area contributed by atoms with E-state index in [1.54, 1.807) is 0 Å². The first kappa shape index (κ1) is 10.3. The maximum Gasteiger partial charge on any atom is 0.0733 e. The molecule has 3 rings (SSSR count). The molecule has 1 fully saturated rings. The van der Waals surface area contributed by atoms with Crippen LogP contribution in [0.1, 0.15) is 24.5 Å². The average molecular weight is 280 g/mol. The zero-order valence-electron chi connectivity index (χ0n) is 8.96. The van der Waals surface area contributed by atoms with Crippen LogP contribution in [0.25, 0.3) is 10.9 Å². The average Bonchev–Trinajstić information content (AvgIpc) is 2.73. The first-order chi connectivity index (χ1) is 7.84. The SMILES string of the molecule is Brc1ccc2[nH]nc(C3CCNCC3)c2c1. The van der Waals surface area contributed by atoms with Crippen LogP contribution in [0.5, 0.6) is 0 Å². The van der Waals surface area contributed by atoms with Crippen LogP contribution in [0.4, 0.5) is 0 Å². The lowest BCUT2D eigenvalue weighted by Crippen LogP contribution is -2.26. The Hall–Kier alpha value is -0.870. The van der Waals surface area contributed by atoms with Crippen molar-refractivity contribution in [1.82, 2.24) is 15.5 Å². The monoisotopic (exact) mass is 279 g/mol. The Kier molecular flexibility index (Phi) is 2.69. The van der Waals surface area contributed by atoms with Gasteiger partial charge in [0.15, 0.2) is 0 Å². The van der Waals surface area contributed by atoms with Gasteiger partial charge < -0.3 is 5.32 Å². The van der Waals surface area contributed by atoms with Gasteiger partial charge in [0.1, 0.15) is 0 Å². The summed E-state index contributed by atoms with van der Waals surface area (Å²) in [6.45, 7) is 2.21. The first-order valence-electron chi connectivity index (χ1n) is 5.69. The van der Waals surface area contributed by atoms with Gasteiger partial charge in [-0.2, -0.15) is 5.10 Å². The van der Waals surface area contributed by atoms with Gasteiger partial charge >= 0.3 is 0 Å². The highest BCUT2D eigenvalue weighted by atomic mass is 79.9. The van der Waals surface area contributed by atoms with Crippen LogP contribution in [0.3, 0.4) is 0 Å². The minimum absolute atomic E-state index is 0.601. The molecule has 0 amide bonds. The van der Waals surface area contributed by atoms with Crippen LogP contribution in [0, 0.1) is 0 Å². The largest absolute Gasteiger partial charge is 0.317 e. The van der Waals surface area contributed by atoms with Crippen molar-refractivity contribution >= 4 is 26.8 Å². The van der Waals surface area contributed by atoms with Crippen molar-refractivity contribution in [1.29, 1.82) is 0 Å². The number of nitrogens with one attached hydrogen (secondary N) is 2.